The Bertz CT molecular complexity index is 954. The molecule has 3 rings (SSSR count). The first-order chi connectivity index (χ1) is 12.6. The van der Waals surface area contributed by atoms with Gasteiger partial charge in [0, 0.05) is 24.0 Å². The van der Waals surface area contributed by atoms with Gasteiger partial charge in [-0.3, -0.25) is 0 Å². The fraction of sp³-hybridized carbons (Fsp3) is 0.316. The predicted molar refractivity (Wildman–Crippen MR) is 103 cm³/mol. The summed E-state index contributed by atoms with van der Waals surface area (Å²) < 4.78 is 1.99. The van der Waals surface area contributed by atoms with Crippen molar-refractivity contribution in [2.24, 2.45) is 0 Å². The summed E-state index contributed by atoms with van der Waals surface area (Å²) in [6, 6.07) is 7.85. The molecule has 7 heteroatoms. The second-order valence-corrected chi connectivity index (χ2v) is 6.51. The highest BCUT2D eigenvalue weighted by Crippen LogP contribution is 2.22. The molecule has 2 heterocycles. The maximum atomic E-state index is 8.91. The summed E-state index contributed by atoms with van der Waals surface area (Å²) in [5.74, 6) is 6.82. The van der Waals surface area contributed by atoms with Gasteiger partial charge in [0.25, 0.3) is 0 Å². The van der Waals surface area contributed by atoms with Gasteiger partial charge in [0.1, 0.15) is 0 Å². The molecule has 134 valence electrons. The molecule has 0 radical (unpaired) electrons. The number of nitrogens with zero attached hydrogens (tertiary/aromatic N) is 4. The van der Waals surface area contributed by atoms with Gasteiger partial charge in [-0.1, -0.05) is 29.7 Å². The minimum absolute atomic E-state index is 0.0147. The smallest absolute Gasteiger partial charge is 0.208 e. The fourth-order valence-corrected chi connectivity index (χ4v) is 2.59. The summed E-state index contributed by atoms with van der Waals surface area (Å²) in [5, 5.41) is 12.9. The van der Waals surface area contributed by atoms with Crippen LogP contribution in [0.2, 0.25) is 5.02 Å². The Morgan fingerprint density at radius 2 is 2.00 bits per heavy atom. The minimum atomic E-state index is 0.0147. The molecule has 2 N–H and O–H groups in total. The van der Waals surface area contributed by atoms with Gasteiger partial charge in [0.2, 0.25) is 5.82 Å². The molecule has 0 saturated carbocycles. The lowest BCUT2D eigenvalue weighted by Gasteiger charge is -2.10. The van der Waals surface area contributed by atoms with Crippen molar-refractivity contribution < 1.29 is 5.11 Å². The standard InChI is InChI=1S/C19H20ClN5O/c1-13(2)25-12-22-17-18(21-11-14-6-8-15(20)9-7-14)23-16(24-19(17)25)5-3-4-10-26/h6-9,12-13,26H,4,10-11H2,1-2H3,(H,21,23,24). The van der Waals surface area contributed by atoms with Gasteiger partial charge >= 0.3 is 0 Å². The topological polar surface area (TPSA) is 75.9 Å². The van der Waals surface area contributed by atoms with Gasteiger partial charge in [-0.15, -0.1) is 0 Å². The van der Waals surface area contributed by atoms with Crippen molar-refractivity contribution in [2.45, 2.75) is 32.9 Å². The largest absolute Gasteiger partial charge is 0.395 e. The number of fused-ring (bicyclic) bond motifs is 1. The number of aliphatic hydroxyl groups is 1. The van der Waals surface area contributed by atoms with Crippen LogP contribution in [0, 0.1) is 11.8 Å². The number of nitrogens with one attached hydrogen (secondary N) is 1. The molecular weight excluding hydrogens is 350 g/mol. The number of benzene rings is 1. The Morgan fingerprint density at radius 1 is 1.23 bits per heavy atom. The molecule has 2 aromatic heterocycles. The van der Waals surface area contributed by atoms with Crippen LogP contribution in [-0.4, -0.2) is 31.2 Å². The lowest BCUT2D eigenvalue weighted by molar-refractivity contribution is 0.305. The average molecular weight is 370 g/mol. The number of aromatic nitrogens is 4. The van der Waals surface area contributed by atoms with Crippen molar-refractivity contribution in [3.63, 3.8) is 0 Å². The second kappa shape index (κ2) is 8.17. The van der Waals surface area contributed by atoms with Crippen molar-refractivity contribution in [1.82, 2.24) is 19.5 Å². The molecule has 0 aliphatic rings. The van der Waals surface area contributed by atoms with Gasteiger partial charge in [-0.2, -0.15) is 0 Å². The third-order valence-electron chi connectivity index (χ3n) is 3.79. The first-order valence-electron chi connectivity index (χ1n) is 8.41. The fourth-order valence-electron chi connectivity index (χ4n) is 2.46. The monoisotopic (exact) mass is 369 g/mol. The van der Waals surface area contributed by atoms with Crippen molar-refractivity contribution in [3.8, 4) is 11.8 Å². The van der Waals surface area contributed by atoms with Crippen LogP contribution in [0.1, 0.15) is 37.7 Å². The van der Waals surface area contributed by atoms with Gasteiger partial charge in [0.05, 0.1) is 12.9 Å². The van der Waals surface area contributed by atoms with E-state index in [1.54, 1.807) is 6.33 Å². The highest BCUT2D eigenvalue weighted by Gasteiger charge is 2.14. The van der Waals surface area contributed by atoms with Crippen LogP contribution in [0.5, 0.6) is 0 Å². The molecule has 0 amide bonds. The lowest BCUT2D eigenvalue weighted by Crippen LogP contribution is -2.06. The van der Waals surface area contributed by atoms with E-state index in [9.17, 15) is 0 Å². The molecule has 6 nitrogen and oxygen atoms in total. The number of halogens is 1. The third kappa shape index (κ3) is 4.13. The summed E-state index contributed by atoms with van der Waals surface area (Å²) in [4.78, 5) is 13.5. The Labute approximate surface area is 157 Å². The van der Waals surface area contributed by atoms with E-state index >= 15 is 0 Å². The number of hydrogen-bond donors (Lipinski definition) is 2. The van der Waals surface area contributed by atoms with E-state index in [2.05, 4.69) is 46.0 Å². The number of anilines is 1. The van der Waals surface area contributed by atoms with Crippen LogP contribution in [-0.2, 0) is 6.54 Å². The van der Waals surface area contributed by atoms with E-state index in [4.69, 9.17) is 16.7 Å². The normalized spacial score (nSPS) is 10.8. The molecule has 0 aliphatic heterocycles. The summed E-state index contributed by atoms with van der Waals surface area (Å²) >= 11 is 5.93. The van der Waals surface area contributed by atoms with E-state index < -0.39 is 0 Å². The summed E-state index contributed by atoms with van der Waals surface area (Å²) in [5.41, 5.74) is 2.53. The van der Waals surface area contributed by atoms with E-state index in [0.29, 0.717) is 35.1 Å². The van der Waals surface area contributed by atoms with E-state index in [0.717, 1.165) is 11.2 Å². The van der Waals surface area contributed by atoms with Crippen LogP contribution in [0.15, 0.2) is 30.6 Å². The van der Waals surface area contributed by atoms with Gasteiger partial charge in [-0.05, 0) is 37.5 Å². The van der Waals surface area contributed by atoms with Gasteiger partial charge in [0.15, 0.2) is 17.0 Å². The molecule has 26 heavy (non-hydrogen) atoms. The molecule has 0 spiro atoms. The number of hydrogen-bond acceptors (Lipinski definition) is 5. The number of rotatable bonds is 5. The van der Waals surface area contributed by atoms with Crippen molar-refractivity contribution in [1.29, 1.82) is 0 Å². The zero-order valence-corrected chi connectivity index (χ0v) is 15.5. The van der Waals surface area contributed by atoms with Crippen LogP contribution in [0.25, 0.3) is 11.2 Å². The quantitative estimate of drug-likeness (QED) is 0.674. The molecule has 0 bridgehead atoms. The molecule has 1 aromatic carbocycles. The Kier molecular flexibility index (Phi) is 5.71. The predicted octanol–water partition coefficient (Wildman–Crippen LogP) is 3.41. The Hall–Kier alpha value is -2.62. The zero-order valence-electron chi connectivity index (χ0n) is 14.7. The van der Waals surface area contributed by atoms with Crippen molar-refractivity contribution >= 4 is 28.6 Å². The summed E-state index contributed by atoms with van der Waals surface area (Å²) in [7, 11) is 0. The average Bonchev–Trinajstić information content (AvgIpc) is 3.05. The highest BCUT2D eigenvalue weighted by molar-refractivity contribution is 6.30. The lowest BCUT2D eigenvalue weighted by atomic mass is 10.2. The summed E-state index contributed by atoms with van der Waals surface area (Å²) in [6.45, 7) is 4.74. The van der Waals surface area contributed by atoms with E-state index in [1.165, 1.54) is 0 Å². The zero-order chi connectivity index (χ0) is 18.5. The number of imidazole rings is 1. The molecular formula is C19H20ClN5O. The van der Waals surface area contributed by atoms with Crippen LogP contribution in [0.4, 0.5) is 5.82 Å². The maximum absolute atomic E-state index is 8.91. The first kappa shape index (κ1) is 18.2. The van der Waals surface area contributed by atoms with E-state index in [1.807, 2.05) is 28.8 Å². The summed E-state index contributed by atoms with van der Waals surface area (Å²) in [6.07, 6.45) is 2.15. The van der Waals surface area contributed by atoms with Crippen LogP contribution >= 0.6 is 11.6 Å². The first-order valence-corrected chi connectivity index (χ1v) is 8.79. The van der Waals surface area contributed by atoms with E-state index in [-0.39, 0.29) is 12.6 Å². The number of aliphatic hydroxyl groups excluding tert-OH is 1. The van der Waals surface area contributed by atoms with Crippen LogP contribution < -0.4 is 5.32 Å². The van der Waals surface area contributed by atoms with Crippen molar-refractivity contribution in [3.05, 3.63) is 47.0 Å². The molecule has 3 aromatic rings. The molecule has 0 unspecified atom stereocenters. The maximum Gasteiger partial charge on any atom is 0.208 e. The second-order valence-electron chi connectivity index (χ2n) is 6.07. The van der Waals surface area contributed by atoms with Gasteiger partial charge in [-0.25, -0.2) is 15.0 Å². The third-order valence-corrected chi connectivity index (χ3v) is 4.04. The highest BCUT2D eigenvalue weighted by atomic mass is 35.5. The minimum Gasteiger partial charge on any atom is -0.395 e. The van der Waals surface area contributed by atoms with Gasteiger partial charge < -0.3 is 15.0 Å². The SMILES string of the molecule is CC(C)n1cnc2c(NCc3ccc(Cl)cc3)nc(C#CCCO)nc21. The molecule has 0 saturated heterocycles. The molecule has 0 atom stereocenters. The Morgan fingerprint density at radius 3 is 2.69 bits per heavy atom. The molecule has 0 fully saturated rings. The van der Waals surface area contributed by atoms with Crippen molar-refractivity contribution in [2.75, 3.05) is 11.9 Å². The Balaban J connectivity index is 1.96. The van der Waals surface area contributed by atoms with Crippen LogP contribution in [0.3, 0.4) is 0 Å². The molecule has 0 aliphatic carbocycles.